The lowest BCUT2D eigenvalue weighted by Gasteiger charge is -2.14. The number of nitrogens with zero attached hydrogens (tertiary/aromatic N) is 1. The minimum Gasteiger partial charge on any atom is -0.488 e. The smallest absolute Gasteiger partial charge is 0.276 e. The van der Waals surface area contributed by atoms with E-state index < -0.39 is 0 Å². The van der Waals surface area contributed by atoms with Gasteiger partial charge in [-0.2, -0.15) is 0 Å². The Morgan fingerprint density at radius 3 is 2.96 bits per heavy atom. The fourth-order valence-electron chi connectivity index (χ4n) is 2.78. The van der Waals surface area contributed by atoms with Gasteiger partial charge in [0, 0.05) is 18.3 Å². The lowest BCUT2D eigenvalue weighted by atomic mass is 10.2. The van der Waals surface area contributed by atoms with Crippen molar-refractivity contribution < 1.29 is 9.13 Å². The Morgan fingerprint density at radius 2 is 2.26 bits per heavy atom. The third kappa shape index (κ3) is 3.83. The van der Waals surface area contributed by atoms with Crippen LogP contribution in [0.1, 0.15) is 11.1 Å². The van der Waals surface area contributed by atoms with E-state index in [9.17, 15) is 9.18 Å². The summed E-state index contributed by atoms with van der Waals surface area (Å²) >= 11 is 11.8. The number of halogens is 2. The Kier molecular flexibility index (Phi) is 5.79. The molecule has 0 atom stereocenters. The SMILES string of the molecule is Cc1c[nH]c2c(=O)[nH]c(=S)n(Cc3cccc(OC/C(=C/F)CN)c3Cl)c12. The number of rotatable bonds is 6. The quantitative estimate of drug-likeness (QED) is 0.544. The van der Waals surface area contributed by atoms with E-state index in [-0.39, 0.29) is 18.7 Å². The van der Waals surface area contributed by atoms with Gasteiger partial charge in [-0.05, 0) is 36.3 Å². The summed E-state index contributed by atoms with van der Waals surface area (Å²) in [6.07, 6.45) is 2.19. The topological polar surface area (TPSA) is 88.8 Å². The Bertz CT molecular complexity index is 1130. The number of benzene rings is 1. The molecule has 142 valence electrons. The third-order valence-electron chi connectivity index (χ3n) is 4.21. The number of hydrogen-bond acceptors (Lipinski definition) is 4. The van der Waals surface area contributed by atoms with E-state index in [1.165, 1.54) is 0 Å². The first-order valence-corrected chi connectivity index (χ1v) is 8.94. The second kappa shape index (κ2) is 8.08. The van der Waals surface area contributed by atoms with Gasteiger partial charge in [-0.1, -0.05) is 23.7 Å². The zero-order valence-electron chi connectivity index (χ0n) is 14.5. The second-order valence-corrected chi connectivity index (χ2v) is 6.79. The van der Waals surface area contributed by atoms with Gasteiger partial charge in [0.05, 0.1) is 23.4 Å². The molecule has 0 spiro atoms. The van der Waals surface area contributed by atoms with Gasteiger partial charge >= 0.3 is 0 Å². The molecule has 0 saturated heterocycles. The molecule has 0 fully saturated rings. The molecule has 0 bridgehead atoms. The molecule has 0 aliphatic carbocycles. The third-order valence-corrected chi connectivity index (χ3v) is 4.96. The molecule has 3 rings (SSSR count). The predicted molar refractivity (Wildman–Crippen MR) is 107 cm³/mol. The predicted octanol–water partition coefficient (Wildman–Crippen LogP) is 3.59. The average Bonchev–Trinajstić information content (AvgIpc) is 3.04. The number of aromatic amines is 2. The van der Waals surface area contributed by atoms with Crippen molar-refractivity contribution in [3.05, 3.63) is 67.6 Å². The van der Waals surface area contributed by atoms with Gasteiger partial charge < -0.3 is 20.0 Å². The number of aromatic nitrogens is 3. The Balaban J connectivity index is 1.99. The van der Waals surface area contributed by atoms with Crippen LogP contribution in [0.5, 0.6) is 5.75 Å². The average molecular weight is 409 g/mol. The summed E-state index contributed by atoms with van der Waals surface area (Å²) in [6, 6.07) is 5.32. The van der Waals surface area contributed by atoms with Gasteiger partial charge in [0.2, 0.25) is 0 Å². The largest absolute Gasteiger partial charge is 0.488 e. The fraction of sp³-hybridized carbons (Fsp3) is 0.222. The molecule has 27 heavy (non-hydrogen) atoms. The molecule has 0 radical (unpaired) electrons. The van der Waals surface area contributed by atoms with Crippen molar-refractivity contribution in [1.82, 2.24) is 14.5 Å². The zero-order chi connectivity index (χ0) is 19.6. The van der Waals surface area contributed by atoms with Crippen LogP contribution in [0.15, 0.2) is 41.1 Å². The number of H-pyrrole nitrogens is 2. The lowest BCUT2D eigenvalue weighted by Crippen LogP contribution is -2.15. The van der Waals surface area contributed by atoms with Crippen molar-refractivity contribution in [2.45, 2.75) is 13.5 Å². The van der Waals surface area contributed by atoms with Crippen LogP contribution in [0, 0.1) is 11.7 Å². The maximum absolute atomic E-state index is 12.7. The summed E-state index contributed by atoms with van der Waals surface area (Å²) in [7, 11) is 0. The molecular formula is C18H18ClFN4O2S. The molecular weight excluding hydrogens is 391 g/mol. The minimum absolute atomic E-state index is 0.00935. The monoisotopic (exact) mass is 408 g/mol. The van der Waals surface area contributed by atoms with Crippen LogP contribution in [0.2, 0.25) is 5.02 Å². The second-order valence-electron chi connectivity index (χ2n) is 6.03. The van der Waals surface area contributed by atoms with E-state index >= 15 is 0 Å². The van der Waals surface area contributed by atoms with Crippen LogP contribution < -0.4 is 16.0 Å². The molecule has 0 aliphatic heterocycles. The summed E-state index contributed by atoms with van der Waals surface area (Å²) in [5.74, 6) is 0.417. The summed E-state index contributed by atoms with van der Waals surface area (Å²) < 4.78 is 20.3. The van der Waals surface area contributed by atoms with Crippen LogP contribution >= 0.6 is 23.8 Å². The molecule has 2 heterocycles. The minimum atomic E-state index is -0.269. The number of fused-ring (bicyclic) bond motifs is 1. The van der Waals surface area contributed by atoms with Crippen LogP contribution in [-0.2, 0) is 6.54 Å². The van der Waals surface area contributed by atoms with Gasteiger partial charge in [-0.25, -0.2) is 4.39 Å². The van der Waals surface area contributed by atoms with E-state index in [0.29, 0.717) is 39.5 Å². The number of aryl methyl sites for hydroxylation is 1. The highest BCUT2D eigenvalue weighted by Crippen LogP contribution is 2.30. The van der Waals surface area contributed by atoms with E-state index in [0.717, 1.165) is 16.6 Å². The van der Waals surface area contributed by atoms with Crippen molar-refractivity contribution >= 4 is 34.9 Å². The molecule has 0 saturated carbocycles. The number of nitrogens with two attached hydrogens (primary N) is 1. The molecule has 0 amide bonds. The molecule has 0 unspecified atom stereocenters. The standard InChI is InChI=1S/C18H18ClFN4O2S/c1-10-7-22-15-16(10)24(18(27)23-17(15)25)8-12-3-2-4-13(14(12)19)26-9-11(5-20)6-21/h2-5,7,22H,6,8-9,21H2,1H3,(H,23,25,27)/b11-5+. The van der Waals surface area contributed by atoms with Crippen LogP contribution in [0.4, 0.5) is 4.39 Å². The number of ether oxygens (including phenoxy) is 1. The summed E-state index contributed by atoms with van der Waals surface area (Å²) in [5, 5.41) is 0.391. The molecule has 3 aromatic rings. The highest BCUT2D eigenvalue weighted by atomic mass is 35.5. The van der Waals surface area contributed by atoms with E-state index in [1.54, 1.807) is 22.9 Å². The number of nitrogens with one attached hydrogen (secondary N) is 2. The molecule has 2 aromatic heterocycles. The molecule has 0 aliphatic rings. The van der Waals surface area contributed by atoms with Crippen molar-refractivity contribution in [3.63, 3.8) is 0 Å². The Hall–Kier alpha value is -2.42. The summed E-state index contributed by atoms with van der Waals surface area (Å²) in [4.78, 5) is 17.7. The highest BCUT2D eigenvalue weighted by Gasteiger charge is 2.14. The molecule has 9 heteroatoms. The summed E-state index contributed by atoms with van der Waals surface area (Å²) in [6.45, 7) is 2.30. The summed E-state index contributed by atoms with van der Waals surface area (Å²) in [5.41, 5.74) is 8.30. The van der Waals surface area contributed by atoms with Crippen molar-refractivity contribution in [1.29, 1.82) is 0 Å². The first kappa shape index (κ1) is 19.3. The van der Waals surface area contributed by atoms with Crippen molar-refractivity contribution in [2.75, 3.05) is 13.2 Å². The van der Waals surface area contributed by atoms with Crippen LogP contribution in [0.25, 0.3) is 11.0 Å². The van der Waals surface area contributed by atoms with E-state index in [4.69, 9.17) is 34.3 Å². The van der Waals surface area contributed by atoms with Gasteiger partial charge in [0.25, 0.3) is 5.56 Å². The first-order chi connectivity index (χ1) is 13.0. The molecule has 6 nitrogen and oxygen atoms in total. The Morgan fingerprint density at radius 1 is 1.48 bits per heavy atom. The van der Waals surface area contributed by atoms with Gasteiger partial charge in [-0.15, -0.1) is 0 Å². The maximum Gasteiger partial charge on any atom is 0.276 e. The van der Waals surface area contributed by atoms with Gasteiger partial charge in [0.15, 0.2) is 4.77 Å². The van der Waals surface area contributed by atoms with Crippen LogP contribution in [0.3, 0.4) is 0 Å². The van der Waals surface area contributed by atoms with E-state index in [1.807, 2.05) is 13.0 Å². The van der Waals surface area contributed by atoms with Gasteiger partial charge in [-0.3, -0.25) is 9.78 Å². The number of hydrogen-bond donors (Lipinski definition) is 3. The van der Waals surface area contributed by atoms with E-state index in [2.05, 4.69) is 9.97 Å². The van der Waals surface area contributed by atoms with Crippen molar-refractivity contribution in [2.24, 2.45) is 5.73 Å². The lowest BCUT2D eigenvalue weighted by molar-refractivity contribution is 0.347. The normalized spacial score (nSPS) is 11.9. The highest BCUT2D eigenvalue weighted by molar-refractivity contribution is 7.71. The molecule has 1 aromatic carbocycles. The van der Waals surface area contributed by atoms with Gasteiger partial charge in [0.1, 0.15) is 17.9 Å². The van der Waals surface area contributed by atoms with Crippen LogP contribution in [-0.4, -0.2) is 27.7 Å². The first-order valence-electron chi connectivity index (χ1n) is 8.15. The fourth-order valence-corrected chi connectivity index (χ4v) is 3.27. The molecule has 4 N–H and O–H groups in total. The Labute approximate surface area is 164 Å². The zero-order valence-corrected chi connectivity index (χ0v) is 16.1. The maximum atomic E-state index is 12.7. The van der Waals surface area contributed by atoms with Crippen molar-refractivity contribution in [3.8, 4) is 5.75 Å².